The number of fused-ring (bicyclic) bond motifs is 1. The molecular formula is C18H24N2. The molecule has 1 aromatic heterocycles. The van der Waals surface area contributed by atoms with Crippen LogP contribution in [0, 0.1) is 5.92 Å². The summed E-state index contributed by atoms with van der Waals surface area (Å²) in [4.78, 5) is 4.42. The molecule has 1 fully saturated rings. The Morgan fingerprint density at radius 2 is 2.05 bits per heavy atom. The van der Waals surface area contributed by atoms with E-state index in [1.807, 2.05) is 12.4 Å². The molecule has 2 unspecified atom stereocenters. The Hall–Kier alpha value is -1.41. The molecule has 0 saturated heterocycles. The van der Waals surface area contributed by atoms with Crippen LogP contribution in [0.2, 0.25) is 0 Å². The zero-order chi connectivity index (χ0) is 14.0. The lowest BCUT2D eigenvalue weighted by Gasteiger charge is -2.29. The summed E-state index contributed by atoms with van der Waals surface area (Å²) in [6.45, 7) is 2.30. The number of pyridine rings is 1. The first-order valence-electron chi connectivity index (χ1n) is 7.85. The van der Waals surface area contributed by atoms with Crippen molar-refractivity contribution < 1.29 is 0 Å². The van der Waals surface area contributed by atoms with Gasteiger partial charge in [-0.15, -0.1) is 0 Å². The highest BCUT2D eigenvalue weighted by atomic mass is 14.8. The number of rotatable bonds is 2. The van der Waals surface area contributed by atoms with Crippen molar-refractivity contribution in [1.82, 2.24) is 4.98 Å². The van der Waals surface area contributed by atoms with E-state index in [-0.39, 0.29) is 5.54 Å². The second-order valence-electron chi connectivity index (χ2n) is 6.27. The van der Waals surface area contributed by atoms with Crippen LogP contribution in [0.3, 0.4) is 0 Å². The Labute approximate surface area is 121 Å². The third-order valence-corrected chi connectivity index (χ3v) is 5.02. The normalized spacial score (nSPS) is 27.4. The third kappa shape index (κ3) is 2.45. The van der Waals surface area contributed by atoms with Gasteiger partial charge in [-0.3, -0.25) is 4.98 Å². The average Bonchev–Trinajstić information content (AvgIpc) is 2.69. The second-order valence-corrected chi connectivity index (χ2v) is 6.27. The summed E-state index contributed by atoms with van der Waals surface area (Å²) in [6, 6.07) is 8.47. The van der Waals surface area contributed by atoms with Crippen LogP contribution in [0.15, 0.2) is 36.7 Å². The molecule has 3 rings (SSSR count). The summed E-state index contributed by atoms with van der Waals surface area (Å²) in [7, 11) is 0. The lowest BCUT2D eigenvalue weighted by molar-refractivity contribution is 0.373. The van der Waals surface area contributed by atoms with Crippen molar-refractivity contribution in [3.63, 3.8) is 0 Å². The Kier molecular flexibility index (Phi) is 3.75. The van der Waals surface area contributed by atoms with Crippen LogP contribution in [0.4, 0.5) is 0 Å². The maximum Gasteiger partial charge on any atom is 0.0431 e. The van der Waals surface area contributed by atoms with E-state index in [1.54, 1.807) is 0 Å². The average molecular weight is 268 g/mol. The van der Waals surface area contributed by atoms with Gasteiger partial charge in [-0.2, -0.15) is 0 Å². The zero-order valence-electron chi connectivity index (χ0n) is 12.3. The lowest BCUT2D eigenvalue weighted by Crippen LogP contribution is -2.36. The standard InChI is InChI=1S/C18H24N2/c1-2-14-6-5-10-18(19,11-9-14)17-13-20-12-15-7-3-4-8-16(15)17/h3-4,7-8,12-14H,2,5-6,9-11,19H2,1H3. The van der Waals surface area contributed by atoms with Crippen LogP contribution in [0.1, 0.15) is 51.0 Å². The van der Waals surface area contributed by atoms with E-state index >= 15 is 0 Å². The molecule has 106 valence electrons. The SMILES string of the molecule is CCC1CCCC(N)(c2cncc3ccccc23)CC1. The number of nitrogens with two attached hydrogens (primary N) is 1. The van der Waals surface area contributed by atoms with E-state index in [0.717, 1.165) is 18.8 Å². The van der Waals surface area contributed by atoms with Crippen molar-refractivity contribution in [2.45, 2.75) is 51.0 Å². The summed E-state index contributed by atoms with van der Waals surface area (Å²) in [5.41, 5.74) is 7.87. The molecule has 1 aliphatic carbocycles. The fourth-order valence-electron chi connectivity index (χ4n) is 3.63. The van der Waals surface area contributed by atoms with Crippen LogP contribution in [-0.4, -0.2) is 4.98 Å². The molecule has 2 atom stereocenters. The minimum absolute atomic E-state index is 0.197. The van der Waals surface area contributed by atoms with Crippen LogP contribution in [-0.2, 0) is 5.54 Å². The van der Waals surface area contributed by atoms with E-state index in [0.29, 0.717) is 0 Å². The summed E-state index contributed by atoms with van der Waals surface area (Å²) < 4.78 is 0. The van der Waals surface area contributed by atoms with Crippen molar-refractivity contribution in [2.75, 3.05) is 0 Å². The van der Waals surface area contributed by atoms with Gasteiger partial charge in [-0.1, -0.05) is 50.5 Å². The van der Waals surface area contributed by atoms with Gasteiger partial charge in [-0.25, -0.2) is 0 Å². The van der Waals surface area contributed by atoms with Crippen LogP contribution >= 0.6 is 0 Å². The van der Waals surface area contributed by atoms with Crippen LogP contribution in [0.25, 0.3) is 10.8 Å². The molecule has 2 nitrogen and oxygen atoms in total. The topological polar surface area (TPSA) is 38.9 Å². The van der Waals surface area contributed by atoms with Gasteiger partial charge in [0.15, 0.2) is 0 Å². The van der Waals surface area contributed by atoms with Crippen molar-refractivity contribution in [3.05, 3.63) is 42.2 Å². The van der Waals surface area contributed by atoms with E-state index < -0.39 is 0 Å². The first-order valence-corrected chi connectivity index (χ1v) is 7.85. The number of hydrogen-bond acceptors (Lipinski definition) is 2. The molecule has 1 saturated carbocycles. The number of aromatic nitrogens is 1. The van der Waals surface area contributed by atoms with Gasteiger partial charge in [0.25, 0.3) is 0 Å². The van der Waals surface area contributed by atoms with Gasteiger partial charge in [-0.05, 0) is 36.1 Å². The predicted molar refractivity (Wildman–Crippen MR) is 84.5 cm³/mol. The van der Waals surface area contributed by atoms with E-state index in [9.17, 15) is 0 Å². The van der Waals surface area contributed by atoms with E-state index in [2.05, 4.69) is 36.2 Å². The predicted octanol–water partition coefficient (Wildman–Crippen LogP) is 4.38. The first-order chi connectivity index (χ1) is 9.73. The smallest absolute Gasteiger partial charge is 0.0431 e. The Morgan fingerprint density at radius 1 is 1.20 bits per heavy atom. The zero-order valence-corrected chi connectivity index (χ0v) is 12.3. The number of hydrogen-bond donors (Lipinski definition) is 1. The lowest BCUT2D eigenvalue weighted by atomic mass is 9.82. The molecule has 2 heteroatoms. The first kappa shape index (κ1) is 13.6. The van der Waals surface area contributed by atoms with Crippen molar-refractivity contribution in [1.29, 1.82) is 0 Å². The minimum Gasteiger partial charge on any atom is -0.321 e. The molecule has 0 amide bonds. The van der Waals surface area contributed by atoms with Gasteiger partial charge in [0, 0.05) is 23.3 Å². The van der Waals surface area contributed by atoms with Gasteiger partial charge in [0.05, 0.1) is 0 Å². The highest BCUT2D eigenvalue weighted by molar-refractivity contribution is 5.85. The summed E-state index contributed by atoms with van der Waals surface area (Å²) in [6.07, 6.45) is 11.2. The molecule has 0 radical (unpaired) electrons. The molecule has 0 spiro atoms. The van der Waals surface area contributed by atoms with E-state index in [4.69, 9.17) is 5.73 Å². The molecule has 0 aliphatic heterocycles. The van der Waals surface area contributed by atoms with Gasteiger partial charge >= 0.3 is 0 Å². The minimum atomic E-state index is -0.197. The molecule has 1 aliphatic rings. The molecule has 2 N–H and O–H groups in total. The Balaban J connectivity index is 2.01. The Morgan fingerprint density at radius 3 is 2.90 bits per heavy atom. The summed E-state index contributed by atoms with van der Waals surface area (Å²) in [5, 5.41) is 2.48. The largest absolute Gasteiger partial charge is 0.321 e. The highest BCUT2D eigenvalue weighted by Gasteiger charge is 2.32. The molecule has 1 aromatic carbocycles. The quantitative estimate of drug-likeness (QED) is 0.821. The van der Waals surface area contributed by atoms with Crippen LogP contribution < -0.4 is 5.73 Å². The van der Waals surface area contributed by atoms with Crippen molar-refractivity contribution in [2.24, 2.45) is 11.7 Å². The highest BCUT2D eigenvalue weighted by Crippen LogP contribution is 2.39. The molecular weight excluding hydrogens is 244 g/mol. The number of nitrogens with zero attached hydrogens (tertiary/aromatic N) is 1. The maximum atomic E-state index is 6.82. The van der Waals surface area contributed by atoms with E-state index in [1.165, 1.54) is 42.0 Å². The number of benzene rings is 1. The second kappa shape index (κ2) is 5.53. The fraction of sp³-hybridized carbons (Fsp3) is 0.500. The monoisotopic (exact) mass is 268 g/mol. The maximum absolute atomic E-state index is 6.82. The van der Waals surface area contributed by atoms with Gasteiger partial charge in [0.2, 0.25) is 0 Å². The Bertz CT molecular complexity index is 587. The van der Waals surface area contributed by atoms with Gasteiger partial charge in [0.1, 0.15) is 0 Å². The summed E-state index contributed by atoms with van der Waals surface area (Å²) >= 11 is 0. The molecule has 2 aromatic rings. The van der Waals surface area contributed by atoms with Gasteiger partial charge < -0.3 is 5.73 Å². The molecule has 20 heavy (non-hydrogen) atoms. The molecule has 0 bridgehead atoms. The van der Waals surface area contributed by atoms with Crippen molar-refractivity contribution >= 4 is 10.8 Å². The summed E-state index contributed by atoms with van der Waals surface area (Å²) in [5.74, 6) is 0.850. The third-order valence-electron chi connectivity index (χ3n) is 5.02. The van der Waals surface area contributed by atoms with Crippen LogP contribution in [0.5, 0.6) is 0 Å². The fourth-order valence-corrected chi connectivity index (χ4v) is 3.63. The molecule has 1 heterocycles. The van der Waals surface area contributed by atoms with Crippen molar-refractivity contribution in [3.8, 4) is 0 Å².